The van der Waals surface area contributed by atoms with Crippen molar-refractivity contribution in [1.29, 1.82) is 0 Å². The van der Waals surface area contributed by atoms with Crippen LogP contribution in [-0.2, 0) is 21.4 Å². The topological polar surface area (TPSA) is 97.8 Å². The molecule has 2 heterocycles. The van der Waals surface area contributed by atoms with E-state index >= 15 is 0 Å². The standard InChI is InChI=1S/C17H19N3O5S/c1-26(22,23)20(11-14-4-2-3-8-18-14)9-7-17(21)19-13-5-6-15-16(10-13)25-12-24-15/h2-6,8,10H,7,9,11-12H2,1H3,(H,19,21). The zero-order valence-electron chi connectivity index (χ0n) is 14.2. The molecular formula is C17H19N3O5S. The van der Waals surface area contributed by atoms with Crippen LogP contribution in [0.25, 0.3) is 0 Å². The van der Waals surface area contributed by atoms with Gasteiger partial charge in [0, 0.05) is 30.9 Å². The number of aromatic nitrogens is 1. The molecule has 1 N–H and O–H groups in total. The van der Waals surface area contributed by atoms with Gasteiger partial charge in [-0.1, -0.05) is 6.07 Å². The van der Waals surface area contributed by atoms with Crippen LogP contribution >= 0.6 is 0 Å². The first-order chi connectivity index (χ1) is 12.4. The molecule has 0 spiro atoms. The number of ether oxygens (including phenoxy) is 2. The molecular weight excluding hydrogens is 358 g/mol. The molecule has 1 aromatic heterocycles. The number of hydrogen-bond acceptors (Lipinski definition) is 6. The minimum absolute atomic E-state index is 0.0222. The second-order valence-corrected chi connectivity index (χ2v) is 7.77. The van der Waals surface area contributed by atoms with Crippen molar-refractivity contribution in [3.63, 3.8) is 0 Å². The van der Waals surface area contributed by atoms with Crippen LogP contribution in [-0.4, -0.2) is 43.2 Å². The number of hydrogen-bond donors (Lipinski definition) is 1. The number of fused-ring (bicyclic) bond motifs is 1. The van der Waals surface area contributed by atoms with Crippen molar-refractivity contribution in [2.24, 2.45) is 0 Å². The Balaban J connectivity index is 1.59. The minimum Gasteiger partial charge on any atom is -0.454 e. The van der Waals surface area contributed by atoms with Gasteiger partial charge in [0.2, 0.25) is 22.7 Å². The number of sulfonamides is 1. The maximum atomic E-state index is 12.2. The number of nitrogens with zero attached hydrogens (tertiary/aromatic N) is 2. The van der Waals surface area contributed by atoms with E-state index in [1.165, 1.54) is 4.31 Å². The molecule has 1 amide bonds. The van der Waals surface area contributed by atoms with Crippen molar-refractivity contribution >= 4 is 21.6 Å². The second-order valence-electron chi connectivity index (χ2n) is 5.78. The van der Waals surface area contributed by atoms with E-state index in [0.29, 0.717) is 22.9 Å². The fraction of sp³-hybridized carbons (Fsp3) is 0.294. The molecule has 0 aliphatic carbocycles. The number of nitrogens with one attached hydrogen (secondary N) is 1. The quantitative estimate of drug-likeness (QED) is 0.787. The van der Waals surface area contributed by atoms with Crippen LogP contribution < -0.4 is 14.8 Å². The average Bonchev–Trinajstić information content (AvgIpc) is 3.06. The van der Waals surface area contributed by atoms with E-state index in [2.05, 4.69) is 10.3 Å². The molecule has 0 atom stereocenters. The maximum absolute atomic E-state index is 12.2. The zero-order valence-corrected chi connectivity index (χ0v) is 15.0. The van der Waals surface area contributed by atoms with Crippen molar-refractivity contribution in [3.8, 4) is 11.5 Å². The number of carbonyl (C=O) groups excluding carboxylic acids is 1. The Morgan fingerprint density at radius 3 is 2.77 bits per heavy atom. The number of amides is 1. The van der Waals surface area contributed by atoms with Gasteiger partial charge in [-0.3, -0.25) is 9.78 Å². The summed E-state index contributed by atoms with van der Waals surface area (Å²) in [5.74, 6) is 0.899. The number of anilines is 1. The van der Waals surface area contributed by atoms with Crippen LogP contribution in [0.1, 0.15) is 12.1 Å². The lowest BCUT2D eigenvalue weighted by molar-refractivity contribution is -0.116. The molecule has 0 saturated heterocycles. The van der Waals surface area contributed by atoms with Gasteiger partial charge in [0.25, 0.3) is 0 Å². The van der Waals surface area contributed by atoms with E-state index in [4.69, 9.17) is 9.47 Å². The van der Waals surface area contributed by atoms with Gasteiger partial charge in [0.05, 0.1) is 18.5 Å². The van der Waals surface area contributed by atoms with Crippen molar-refractivity contribution < 1.29 is 22.7 Å². The summed E-state index contributed by atoms with van der Waals surface area (Å²) in [7, 11) is -3.46. The predicted octanol–water partition coefficient (Wildman–Crippen LogP) is 1.60. The summed E-state index contributed by atoms with van der Waals surface area (Å²) in [6, 6.07) is 10.4. The SMILES string of the molecule is CS(=O)(=O)N(CCC(=O)Nc1ccc2c(c1)OCO2)Cc1ccccn1. The van der Waals surface area contributed by atoms with Gasteiger partial charge in [0.15, 0.2) is 11.5 Å². The first-order valence-electron chi connectivity index (χ1n) is 7.96. The van der Waals surface area contributed by atoms with Gasteiger partial charge in [-0.05, 0) is 24.3 Å². The molecule has 1 aliphatic rings. The number of benzene rings is 1. The zero-order chi connectivity index (χ0) is 18.6. The van der Waals surface area contributed by atoms with Gasteiger partial charge >= 0.3 is 0 Å². The van der Waals surface area contributed by atoms with Crippen LogP contribution in [0.5, 0.6) is 11.5 Å². The highest BCUT2D eigenvalue weighted by molar-refractivity contribution is 7.88. The molecule has 0 unspecified atom stereocenters. The molecule has 8 nitrogen and oxygen atoms in total. The first-order valence-corrected chi connectivity index (χ1v) is 9.81. The van der Waals surface area contributed by atoms with Crippen LogP contribution in [0.2, 0.25) is 0 Å². The molecule has 3 rings (SSSR count). The Hall–Kier alpha value is -2.65. The van der Waals surface area contributed by atoms with Crippen molar-refractivity contribution in [3.05, 3.63) is 48.3 Å². The predicted molar refractivity (Wildman–Crippen MR) is 95.3 cm³/mol. The molecule has 0 radical (unpaired) electrons. The summed E-state index contributed by atoms with van der Waals surface area (Å²) in [6.07, 6.45) is 2.74. The van der Waals surface area contributed by atoms with E-state index in [1.54, 1.807) is 42.6 Å². The van der Waals surface area contributed by atoms with Crippen molar-refractivity contribution in [2.75, 3.05) is 24.9 Å². The number of rotatable bonds is 7. The van der Waals surface area contributed by atoms with Gasteiger partial charge in [-0.2, -0.15) is 4.31 Å². The highest BCUT2D eigenvalue weighted by Crippen LogP contribution is 2.34. The Kier molecular flexibility index (Phi) is 5.38. The Morgan fingerprint density at radius 1 is 1.23 bits per heavy atom. The number of carbonyl (C=O) groups is 1. The third kappa shape index (κ3) is 4.70. The summed E-state index contributed by atoms with van der Waals surface area (Å²) >= 11 is 0. The normalized spacial score (nSPS) is 13.0. The Labute approximate surface area is 151 Å². The van der Waals surface area contributed by atoms with Gasteiger partial charge in [-0.25, -0.2) is 8.42 Å². The van der Waals surface area contributed by atoms with E-state index in [-0.39, 0.29) is 32.2 Å². The van der Waals surface area contributed by atoms with Crippen LogP contribution in [0.15, 0.2) is 42.6 Å². The van der Waals surface area contributed by atoms with Crippen molar-refractivity contribution in [1.82, 2.24) is 9.29 Å². The molecule has 2 aromatic rings. The van der Waals surface area contributed by atoms with Gasteiger partial charge in [0.1, 0.15) is 0 Å². The van der Waals surface area contributed by atoms with Gasteiger partial charge < -0.3 is 14.8 Å². The summed E-state index contributed by atoms with van der Waals surface area (Å²) in [6.45, 7) is 0.340. The summed E-state index contributed by atoms with van der Waals surface area (Å²) in [5.41, 5.74) is 1.18. The Bertz CT molecular complexity index is 887. The molecule has 26 heavy (non-hydrogen) atoms. The third-order valence-corrected chi connectivity index (χ3v) is 5.03. The smallest absolute Gasteiger partial charge is 0.231 e. The van der Waals surface area contributed by atoms with Crippen LogP contribution in [0.3, 0.4) is 0 Å². The molecule has 0 bridgehead atoms. The van der Waals surface area contributed by atoms with Gasteiger partial charge in [-0.15, -0.1) is 0 Å². The lowest BCUT2D eigenvalue weighted by atomic mass is 10.2. The van der Waals surface area contributed by atoms with E-state index in [1.807, 2.05) is 0 Å². The lowest BCUT2D eigenvalue weighted by Gasteiger charge is -2.19. The summed E-state index contributed by atoms with van der Waals surface area (Å²) < 4.78 is 35.7. The summed E-state index contributed by atoms with van der Waals surface area (Å²) in [4.78, 5) is 16.3. The molecule has 9 heteroatoms. The number of pyridine rings is 1. The molecule has 0 fully saturated rings. The van der Waals surface area contributed by atoms with Crippen molar-refractivity contribution in [2.45, 2.75) is 13.0 Å². The monoisotopic (exact) mass is 377 g/mol. The summed E-state index contributed by atoms with van der Waals surface area (Å²) in [5, 5.41) is 2.73. The fourth-order valence-electron chi connectivity index (χ4n) is 2.46. The lowest BCUT2D eigenvalue weighted by Crippen LogP contribution is -2.32. The molecule has 138 valence electrons. The van der Waals surface area contributed by atoms with E-state index in [0.717, 1.165) is 6.26 Å². The Morgan fingerprint density at radius 2 is 2.04 bits per heavy atom. The highest BCUT2D eigenvalue weighted by Gasteiger charge is 2.19. The highest BCUT2D eigenvalue weighted by atomic mass is 32.2. The third-order valence-electron chi connectivity index (χ3n) is 3.78. The minimum atomic E-state index is -3.46. The van der Waals surface area contributed by atoms with Crippen LogP contribution in [0.4, 0.5) is 5.69 Å². The largest absolute Gasteiger partial charge is 0.454 e. The van der Waals surface area contributed by atoms with E-state index in [9.17, 15) is 13.2 Å². The molecule has 1 aliphatic heterocycles. The maximum Gasteiger partial charge on any atom is 0.231 e. The average molecular weight is 377 g/mol. The van der Waals surface area contributed by atoms with Crippen LogP contribution in [0, 0.1) is 0 Å². The fourth-order valence-corrected chi connectivity index (χ4v) is 3.25. The molecule has 1 aromatic carbocycles. The first kappa shape index (κ1) is 18.2. The molecule has 0 saturated carbocycles. The second kappa shape index (κ2) is 7.71. The van der Waals surface area contributed by atoms with E-state index < -0.39 is 10.0 Å².